The second-order valence-corrected chi connectivity index (χ2v) is 6.04. The molecule has 2 aromatic carbocycles. The van der Waals surface area contributed by atoms with Crippen molar-refractivity contribution in [2.45, 2.75) is 19.0 Å². The first-order valence-corrected chi connectivity index (χ1v) is 7.62. The van der Waals surface area contributed by atoms with Crippen LogP contribution in [0.25, 0.3) is 10.9 Å². The first kappa shape index (κ1) is 16.7. The molecule has 0 aliphatic carbocycles. The molecule has 3 aromatic rings. The van der Waals surface area contributed by atoms with Gasteiger partial charge >= 0.3 is 12.4 Å². The van der Waals surface area contributed by atoms with Gasteiger partial charge in [0.25, 0.3) is 0 Å². The van der Waals surface area contributed by atoms with Gasteiger partial charge in [0.1, 0.15) is 5.56 Å². The molecule has 0 fully saturated rings. The molecule has 0 spiro atoms. The van der Waals surface area contributed by atoms with Crippen LogP contribution in [0.1, 0.15) is 16.7 Å². The highest BCUT2D eigenvalue weighted by Crippen LogP contribution is 2.40. The minimum Gasteiger partial charge on any atom is -0.291 e. The van der Waals surface area contributed by atoms with E-state index in [1.54, 1.807) is 22.9 Å². The zero-order valence-corrected chi connectivity index (χ0v) is 13.1. The molecule has 8 heteroatoms. The quantitative estimate of drug-likeness (QED) is 0.400. The lowest BCUT2D eigenvalue weighted by atomic mass is 10.1. The summed E-state index contributed by atoms with van der Waals surface area (Å²) in [7, 11) is 0. The van der Waals surface area contributed by atoms with E-state index in [1.165, 1.54) is 10.8 Å². The number of rotatable bonds is 1. The molecule has 2 nitrogen and oxygen atoms in total. The SMILES string of the molecule is FC(F)(F)c1ccc(C(F)(F)F)c([N+]2=Cc3cccc4ccn(c34)C2)c1. The maximum atomic E-state index is 13.4. The number of alkyl halides is 6. The van der Waals surface area contributed by atoms with Gasteiger partial charge in [0.05, 0.1) is 16.6 Å². The zero-order valence-electron chi connectivity index (χ0n) is 13.1. The summed E-state index contributed by atoms with van der Waals surface area (Å²) < 4.78 is 82.1. The Morgan fingerprint density at radius 1 is 0.885 bits per heavy atom. The second-order valence-electron chi connectivity index (χ2n) is 6.04. The number of halogens is 6. The van der Waals surface area contributed by atoms with E-state index in [9.17, 15) is 26.3 Å². The minimum atomic E-state index is -4.77. The van der Waals surface area contributed by atoms with E-state index >= 15 is 0 Å². The van der Waals surface area contributed by atoms with Crippen LogP contribution in [0, 0.1) is 0 Å². The van der Waals surface area contributed by atoms with Crippen LogP contribution in [0.15, 0.2) is 48.7 Å². The summed E-state index contributed by atoms with van der Waals surface area (Å²) in [5.74, 6) is 0. The number of aromatic nitrogens is 1. The van der Waals surface area contributed by atoms with Crippen LogP contribution in [0.2, 0.25) is 0 Å². The molecule has 1 aromatic heterocycles. The van der Waals surface area contributed by atoms with Gasteiger partial charge in [-0.2, -0.15) is 30.9 Å². The Morgan fingerprint density at radius 2 is 1.65 bits per heavy atom. The van der Waals surface area contributed by atoms with Gasteiger partial charge in [-0.15, -0.1) is 0 Å². The van der Waals surface area contributed by atoms with Crippen LogP contribution in [0.5, 0.6) is 0 Å². The Morgan fingerprint density at radius 3 is 2.35 bits per heavy atom. The topological polar surface area (TPSA) is 7.94 Å². The number of nitrogens with zero attached hydrogens (tertiary/aromatic N) is 2. The first-order valence-electron chi connectivity index (χ1n) is 7.62. The highest BCUT2D eigenvalue weighted by atomic mass is 19.4. The fourth-order valence-electron chi connectivity index (χ4n) is 3.22. The number of para-hydroxylation sites is 1. The fourth-order valence-corrected chi connectivity index (χ4v) is 3.22. The van der Waals surface area contributed by atoms with Crippen LogP contribution in [0.3, 0.4) is 0 Å². The number of hydrogen-bond acceptors (Lipinski definition) is 0. The van der Waals surface area contributed by atoms with Crippen LogP contribution in [-0.4, -0.2) is 15.4 Å². The van der Waals surface area contributed by atoms with E-state index in [1.807, 2.05) is 12.1 Å². The molecule has 1 aliphatic rings. The molecule has 0 amide bonds. The second kappa shape index (κ2) is 5.36. The van der Waals surface area contributed by atoms with Crippen molar-refractivity contribution in [3.8, 4) is 0 Å². The lowest BCUT2D eigenvalue weighted by Gasteiger charge is -2.17. The van der Waals surface area contributed by atoms with Gasteiger partial charge in [-0.3, -0.25) is 4.57 Å². The molecule has 26 heavy (non-hydrogen) atoms. The van der Waals surface area contributed by atoms with Crippen LogP contribution in [0.4, 0.5) is 32.0 Å². The van der Waals surface area contributed by atoms with Crippen LogP contribution < -0.4 is 0 Å². The number of benzene rings is 2. The minimum absolute atomic E-state index is 0.00902. The van der Waals surface area contributed by atoms with Gasteiger partial charge in [0.15, 0.2) is 6.21 Å². The summed E-state index contributed by atoms with van der Waals surface area (Å²) in [6, 6.07) is 8.63. The molecule has 134 valence electrons. The average Bonchev–Trinajstić information content (AvgIpc) is 2.97. The van der Waals surface area contributed by atoms with E-state index in [4.69, 9.17) is 0 Å². The maximum absolute atomic E-state index is 13.4. The van der Waals surface area contributed by atoms with Gasteiger partial charge < -0.3 is 0 Å². The Bertz CT molecular complexity index is 1040. The maximum Gasteiger partial charge on any atom is 0.422 e. The standard InChI is InChI=1S/C18H11F6N2/c19-17(20,21)13-4-5-14(18(22,23)24)15(8-13)26-9-12-3-1-2-11-6-7-25(10-26)16(11)12/h1-9H,10H2/q+1. The summed E-state index contributed by atoms with van der Waals surface area (Å²) in [6.07, 6.45) is -6.34. The van der Waals surface area contributed by atoms with E-state index in [0.29, 0.717) is 23.8 Å². The van der Waals surface area contributed by atoms with Gasteiger partial charge in [-0.25, -0.2) is 0 Å². The van der Waals surface area contributed by atoms with Crippen LogP contribution in [-0.2, 0) is 19.0 Å². The zero-order chi connectivity index (χ0) is 18.7. The lowest BCUT2D eigenvalue weighted by Crippen LogP contribution is -2.22. The molecule has 0 N–H and O–H groups in total. The lowest BCUT2D eigenvalue weighted by molar-refractivity contribution is -0.473. The normalized spacial score (nSPS) is 14.6. The summed E-state index contributed by atoms with van der Waals surface area (Å²) in [4.78, 5) is 0. The van der Waals surface area contributed by atoms with Crippen molar-refractivity contribution >= 4 is 22.8 Å². The van der Waals surface area contributed by atoms with E-state index < -0.39 is 29.2 Å². The Balaban J connectivity index is 1.93. The van der Waals surface area contributed by atoms with Crippen molar-refractivity contribution in [3.63, 3.8) is 0 Å². The molecular formula is C18H11F6N2+. The Labute approximate surface area is 143 Å². The third kappa shape index (κ3) is 2.65. The molecule has 4 rings (SSSR count). The van der Waals surface area contributed by atoms with Crippen LogP contribution >= 0.6 is 0 Å². The van der Waals surface area contributed by atoms with E-state index in [2.05, 4.69) is 0 Å². The Kier molecular flexibility index (Phi) is 3.44. The predicted molar refractivity (Wildman–Crippen MR) is 83.5 cm³/mol. The monoisotopic (exact) mass is 369 g/mol. The van der Waals surface area contributed by atoms with Gasteiger partial charge in [0, 0.05) is 17.6 Å². The third-order valence-corrected chi connectivity index (χ3v) is 4.36. The summed E-state index contributed by atoms with van der Waals surface area (Å²) in [5.41, 5.74) is -1.27. The van der Waals surface area contributed by atoms with E-state index in [-0.39, 0.29) is 6.67 Å². The fraction of sp³-hybridized carbons (Fsp3) is 0.167. The van der Waals surface area contributed by atoms with Crippen molar-refractivity contribution in [1.82, 2.24) is 4.57 Å². The average molecular weight is 369 g/mol. The smallest absolute Gasteiger partial charge is 0.291 e. The molecule has 0 unspecified atom stereocenters. The van der Waals surface area contributed by atoms with Crippen molar-refractivity contribution in [2.24, 2.45) is 0 Å². The highest BCUT2D eigenvalue weighted by molar-refractivity contribution is 5.97. The third-order valence-electron chi connectivity index (χ3n) is 4.36. The highest BCUT2D eigenvalue weighted by Gasteiger charge is 2.41. The molecule has 0 atom stereocenters. The van der Waals surface area contributed by atoms with E-state index in [0.717, 1.165) is 10.9 Å². The van der Waals surface area contributed by atoms with Crippen molar-refractivity contribution in [2.75, 3.05) is 0 Å². The van der Waals surface area contributed by atoms with Crippen molar-refractivity contribution in [3.05, 3.63) is 65.4 Å². The summed E-state index contributed by atoms with van der Waals surface area (Å²) >= 11 is 0. The van der Waals surface area contributed by atoms with Gasteiger partial charge in [-0.05, 0) is 24.3 Å². The first-order chi connectivity index (χ1) is 12.1. The molecule has 2 heterocycles. The molecule has 0 saturated heterocycles. The molecule has 1 aliphatic heterocycles. The summed E-state index contributed by atoms with van der Waals surface area (Å²) in [5, 5.41) is 0.915. The van der Waals surface area contributed by atoms with Crippen molar-refractivity contribution < 1.29 is 30.9 Å². The number of hydrogen-bond donors (Lipinski definition) is 0. The molecule has 0 saturated carbocycles. The van der Waals surface area contributed by atoms with Crippen molar-refractivity contribution in [1.29, 1.82) is 0 Å². The largest absolute Gasteiger partial charge is 0.422 e. The molecular weight excluding hydrogens is 358 g/mol. The molecule has 0 radical (unpaired) electrons. The van der Waals surface area contributed by atoms with Gasteiger partial charge in [-0.1, -0.05) is 12.1 Å². The van der Waals surface area contributed by atoms with Gasteiger partial charge in [0.2, 0.25) is 12.4 Å². The molecule has 0 bridgehead atoms. The summed E-state index contributed by atoms with van der Waals surface area (Å²) in [6.45, 7) is -0.00902. The Hall–Kier alpha value is -2.77. The predicted octanol–water partition coefficient (Wildman–Crippen LogP) is 5.41.